The Morgan fingerprint density at radius 1 is 1.25 bits per heavy atom. The molecule has 0 unspecified atom stereocenters. The molecule has 0 saturated carbocycles. The SMILES string of the molecule is CSc1cccc(C2=CC(SCCc3nnc(CC(=O)OC(C)(C)C)o3)=C(N)CC=C2)c1. The molecule has 32 heavy (non-hydrogen) atoms. The van der Waals surface area contributed by atoms with E-state index in [9.17, 15) is 4.79 Å². The number of hydrogen-bond donors (Lipinski definition) is 1. The van der Waals surface area contributed by atoms with Gasteiger partial charge in [-0.15, -0.1) is 33.7 Å². The van der Waals surface area contributed by atoms with Crippen LogP contribution in [0.2, 0.25) is 0 Å². The summed E-state index contributed by atoms with van der Waals surface area (Å²) in [7, 11) is 0. The van der Waals surface area contributed by atoms with Crippen molar-refractivity contribution in [3.63, 3.8) is 0 Å². The molecule has 1 aliphatic carbocycles. The summed E-state index contributed by atoms with van der Waals surface area (Å²) in [6.07, 6.45) is 9.72. The van der Waals surface area contributed by atoms with E-state index >= 15 is 0 Å². The normalized spacial score (nSPS) is 14.3. The van der Waals surface area contributed by atoms with Gasteiger partial charge in [0.1, 0.15) is 12.0 Å². The number of carbonyl (C=O) groups is 1. The van der Waals surface area contributed by atoms with Gasteiger partial charge in [0, 0.05) is 34.1 Å². The summed E-state index contributed by atoms with van der Waals surface area (Å²) in [6, 6.07) is 8.49. The fraction of sp³-hybridized carbons (Fsp3) is 0.375. The van der Waals surface area contributed by atoms with Gasteiger partial charge in [0.2, 0.25) is 11.8 Å². The highest BCUT2D eigenvalue weighted by Crippen LogP contribution is 2.31. The number of carbonyl (C=O) groups excluding carboxylic acids is 1. The lowest BCUT2D eigenvalue weighted by atomic mass is 10.1. The first kappa shape index (κ1) is 24.2. The number of aryl methyl sites for hydroxylation is 1. The lowest BCUT2D eigenvalue weighted by Crippen LogP contribution is -2.24. The number of aromatic nitrogens is 2. The number of ether oxygens (including phenoxy) is 1. The van der Waals surface area contributed by atoms with Crippen LogP contribution in [0.15, 0.2) is 62.4 Å². The third-order valence-electron chi connectivity index (χ3n) is 4.44. The Kier molecular flexibility index (Phi) is 8.26. The zero-order chi connectivity index (χ0) is 23.1. The molecule has 170 valence electrons. The summed E-state index contributed by atoms with van der Waals surface area (Å²) in [5.74, 6) is 1.12. The number of nitrogens with zero attached hydrogens (tertiary/aromatic N) is 2. The van der Waals surface area contributed by atoms with E-state index in [2.05, 4.69) is 58.9 Å². The van der Waals surface area contributed by atoms with Crippen molar-refractivity contribution >= 4 is 35.1 Å². The Hall–Kier alpha value is -2.45. The van der Waals surface area contributed by atoms with Crippen molar-refractivity contribution < 1.29 is 13.9 Å². The Morgan fingerprint density at radius 3 is 2.78 bits per heavy atom. The van der Waals surface area contributed by atoms with Crippen molar-refractivity contribution in [2.75, 3.05) is 12.0 Å². The van der Waals surface area contributed by atoms with Crippen LogP contribution >= 0.6 is 23.5 Å². The van der Waals surface area contributed by atoms with Crippen molar-refractivity contribution in [1.29, 1.82) is 0 Å². The predicted molar refractivity (Wildman–Crippen MR) is 131 cm³/mol. The Bertz CT molecular complexity index is 1050. The van der Waals surface area contributed by atoms with Crippen molar-refractivity contribution in [2.24, 2.45) is 5.73 Å². The van der Waals surface area contributed by atoms with Crippen molar-refractivity contribution in [2.45, 2.75) is 50.5 Å². The third kappa shape index (κ3) is 7.31. The Morgan fingerprint density at radius 2 is 2.03 bits per heavy atom. The van der Waals surface area contributed by atoms with E-state index in [4.69, 9.17) is 14.9 Å². The molecule has 0 radical (unpaired) electrons. The summed E-state index contributed by atoms with van der Waals surface area (Å²) >= 11 is 3.39. The van der Waals surface area contributed by atoms with Crippen LogP contribution in [0, 0.1) is 0 Å². The molecule has 0 spiro atoms. The Balaban J connectivity index is 1.60. The zero-order valence-corrected chi connectivity index (χ0v) is 20.5. The monoisotopic (exact) mass is 471 g/mol. The van der Waals surface area contributed by atoms with Gasteiger partial charge in [-0.2, -0.15) is 0 Å². The molecule has 3 rings (SSSR count). The van der Waals surface area contributed by atoms with E-state index in [1.54, 1.807) is 23.5 Å². The van der Waals surface area contributed by atoms with Gasteiger partial charge in [-0.05, 0) is 56.4 Å². The number of nitrogens with two attached hydrogens (primary N) is 1. The van der Waals surface area contributed by atoms with Crippen LogP contribution in [0.3, 0.4) is 0 Å². The first-order valence-electron chi connectivity index (χ1n) is 10.4. The highest BCUT2D eigenvalue weighted by molar-refractivity contribution is 8.03. The van der Waals surface area contributed by atoms with Crippen molar-refractivity contribution in [3.05, 3.63) is 70.4 Å². The molecule has 0 aliphatic heterocycles. The number of thioether (sulfide) groups is 2. The van der Waals surface area contributed by atoms with E-state index in [0.717, 1.165) is 21.9 Å². The van der Waals surface area contributed by atoms with E-state index in [-0.39, 0.29) is 18.3 Å². The molecule has 2 N–H and O–H groups in total. The predicted octanol–water partition coefficient (Wildman–Crippen LogP) is 5.17. The highest BCUT2D eigenvalue weighted by atomic mass is 32.2. The average molecular weight is 472 g/mol. The van der Waals surface area contributed by atoms with E-state index in [0.29, 0.717) is 18.7 Å². The van der Waals surface area contributed by atoms with Gasteiger partial charge in [-0.25, -0.2) is 0 Å². The number of esters is 1. The standard InChI is InChI=1S/C24H29N3O3S2/c1-24(2,3)30-23(28)15-22-27-26-21(29-22)11-12-32-20-14-17(8-6-10-19(20)25)16-7-5-9-18(13-16)31-4/h5-9,13-14H,10-12,15,25H2,1-4H3. The molecule has 1 heterocycles. The van der Waals surface area contributed by atoms with E-state index < -0.39 is 5.60 Å². The number of hydrogen-bond acceptors (Lipinski definition) is 8. The van der Waals surface area contributed by atoms with Gasteiger partial charge in [0.05, 0.1) is 0 Å². The fourth-order valence-electron chi connectivity index (χ4n) is 3.02. The van der Waals surface area contributed by atoms with Gasteiger partial charge < -0.3 is 14.9 Å². The van der Waals surface area contributed by atoms with E-state index in [1.165, 1.54) is 10.5 Å². The van der Waals surface area contributed by atoms with Crippen LogP contribution in [0.1, 0.15) is 44.5 Å². The maximum atomic E-state index is 11.9. The smallest absolute Gasteiger partial charge is 0.315 e. The molecular weight excluding hydrogens is 442 g/mol. The molecule has 1 aromatic carbocycles. The largest absolute Gasteiger partial charge is 0.460 e. The minimum Gasteiger partial charge on any atom is -0.460 e. The minimum absolute atomic E-state index is 0.0254. The van der Waals surface area contributed by atoms with Crippen LogP contribution in [-0.2, 0) is 22.4 Å². The molecule has 2 aromatic rings. The second-order valence-corrected chi connectivity index (χ2v) is 10.3. The number of allylic oxidation sites excluding steroid dienone is 4. The quantitative estimate of drug-likeness (QED) is 0.417. The molecular formula is C24H29N3O3S2. The van der Waals surface area contributed by atoms with Crippen LogP contribution in [0.4, 0.5) is 0 Å². The second-order valence-electron chi connectivity index (χ2n) is 8.28. The van der Waals surface area contributed by atoms with Crippen LogP contribution in [0.5, 0.6) is 0 Å². The summed E-state index contributed by atoms with van der Waals surface area (Å²) in [4.78, 5) is 14.2. The molecule has 0 bridgehead atoms. The molecule has 1 aromatic heterocycles. The summed E-state index contributed by atoms with van der Waals surface area (Å²) < 4.78 is 10.9. The molecule has 6 nitrogen and oxygen atoms in total. The zero-order valence-electron chi connectivity index (χ0n) is 18.9. The van der Waals surface area contributed by atoms with E-state index in [1.807, 2.05) is 20.8 Å². The van der Waals surface area contributed by atoms with Crippen molar-refractivity contribution in [3.8, 4) is 0 Å². The summed E-state index contributed by atoms with van der Waals surface area (Å²) in [5.41, 5.74) is 8.94. The topological polar surface area (TPSA) is 91.2 Å². The summed E-state index contributed by atoms with van der Waals surface area (Å²) in [5, 5.41) is 8.01. The maximum Gasteiger partial charge on any atom is 0.315 e. The van der Waals surface area contributed by atoms with Crippen LogP contribution in [0.25, 0.3) is 5.57 Å². The van der Waals surface area contributed by atoms with Crippen LogP contribution in [-0.4, -0.2) is 33.8 Å². The summed E-state index contributed by atoms with van der Waals surface area (Å²) in [6.45, 7) is 5.47. The maximum absolute atomic E-state index is 11.9. The number of rotatable bonds is 8. The molecule has 8 heteroatoms. The lowest BCUT2D eigenvalue weighted by molar-refractivity contribution is -0.154. The molecule has 0 atom stereocenters. The highest BCUT2D eigenvalue weighted by Gasteiger charge is 2.19. The first-order chi connectivity index (χ1) is 15.2. The first-order valence-corrected chi connectivity index (χ1v) is 12.6. The fourth-order valence-corrected chi connectivity index (χ4v) is 4.46. The van der Waals surface area contributed by atoms with Crippen molar-refractivity contribution in [1.82, 2.24) is 10.2 Å². The molecule has 0 amide bonds. The second kappa shape index (κ2) is 10.9. The molecule has 1 aliphatic rings. The van der Waals surface area contributed by atoms with Gasteiger partial charge in [-0.1, -0.05) is 24.3 Å². The van der Waals surface area contributed by atoms with Gasteiger partial charge in [-0.3, -0.25) is 4.79 Å². The molecule has 0 fully saturated rings. The number of benzene rings is 1. The Labute approximate surface area is 197 Å². The van der Waals surface area contributed by atoms with Gasteiger partial charge in [0.25, 0.3) is 0 Å². The third-order valence-corrected chi connectivity index (χ3v) is 6.26. The lowest BCUT2D eigenvalue weighted by Gasteiger charge is -2.18. The van der Waals surface area contributed by atoms with Gasteiger partial charge >= 0.3 is 5.97 Å². The van der Waals surface area contributed by atoms with Gasteiger partial charge in [0.15, 0.2) is 0 Å². The molecule has 0 saturated heterocycles. The van der Waals surface area contributed by atoms with Crippen LogP contribution < -0.4 is 5.73 Å². The average Bonchev–Trinajstić information content (AvgIpc) is 3.08. The minimum atomic E-state index is -0.541.